The Morgan fingerprint density at radius 1 is 0.933 bits per heavy atom. The summed E-state index contributed by atoms with van der Waals surface area (Å²) in [7, 11) is 1.89. The lowest BCUT2D eigenvalue weighted by Crippen LogP contribution is -2.46. The average molecular weight is 427 g/mol. The van der Waals surface area contributed by atoms with Crippen LogP contribution in [0.2, 0.25) is 5.02 Å². The van der Waals surface area contributed by atoms with Crippen LogP contribution < -0.4 is 15.2 Å². The Morgan fingerprint density at radius 3 is 2.23 bits per heavy atom. The predicted molar refractivity (Wildman–Crippen MR) is 121 cm³/mol. The number of halogens is 1. The fourth-order valence-corrected chi connectivity index (χ4v) is 4.20. The van der Waals surface area contributed by atoms with E-state index in [0.29, 0.717) is 18.2 Å². The second-order valence-electron chi connectivity index (χ2n) is 7.43. The van der Waals surface area contributed by atoms with Crippen LogP contribution in [-0.4, -0.2) is 47.0 Å². The maximum absolute atomic E-state index is 12.7. The summed E-state index contributed by atoms with van der Waals surface area (Å²) in [6, 6.07) is 17.9. The van der Waals surface area contributed by atoms with Gasteiger partial charge >= 0.3 is 0 Å². The van der Waals surface area contributed by atoms with Crippen LogP contribution in [0, 0.1) is 0 Å². The zero-order valence-electron chi connectivity index (χ0n) is 17.4. The van der Waals surface area contributed by atoms with Gasteiger partial charge in [-0.05, 0) is 43.3 Å². The van der Waals surface area contributed by atoms with Gasteiger partial charge in [0.1, 0.15) is 10.8 Å². The van der Waals surface area contributed by atoms with Crippen molar-refractivity contribution in [3.05, 3.63) is 75.7 Å². The van der Waals surface area contributed by atoms with Gasteiger partial charge in [-0.15, -0.1) is 0 Å². The molecular weight excluding hydrogens is 400 g/mol. The molecule has 0 N–H and O–H groups in total. The molecule has 0 spiro atoms. The number of hydrogen-bond acceptors (Lipinski definition) is 4. The van der Waals surface area contributed by atoms with Crippen molar-refractivity contribution in [3.8, 4) is 11.4 Å². The van der Waals surface area contributed by atoms with Crippen LogP contribution in [0.15, 0.2) is 59.4 Å². The summed E-state index contributed by atoms with van der Waals surface area (Å²) in [5, 5.41) is 0.301. The van der Waals surface area contributed by atoms with Gasteiger partial charge in [-0.3, -0.25) is 14.4 Å². The Kier molecular flexibility index (Phi) is 6.16. The third-order valence-corrected chi connectivity index (χ3v) is 5.96. The van der Waals surface area contributed by atoms with Gasteiger partial charge < -0.3 is 9.64 Å². The van der Waals surface area contributed by atoms with Gasteiger partial charge in [-0.1, -0.05) is 29.8 Å². The number of benzene rings is 2. The minimum atomic E-state index is -0.173. The Bertz CT molecular complexity index is 1040. The highest BCUT2D eigenvalue weighted by Gasteiger charge is 2.23. The quantitative estimate of drug-likeness (QED) is 0.604. The Morgan fingerprint density at radius 2 is 1.60 bits per heavy atom. The van der Waals surface area contributed by atoms with E-state index in [1.165, 1.54) is 5.69 Å². The molecule has 6 nitrogen and oxygen atoms in total. The van der Waals surface area contributed by atoms with Gasteiger partial charge in [0.2, 0.25) is 0 Å². The first-order chi connectivity index (χ1) is 14.6. The zero-order valence-corrected chi connectivity index (χ0v) is 18.2. The van der Waals surface area contributed by atoms with E-state index in [2.05, 4.69) is 21.9 Å². The number of ether oxygens (including phenoxy) is 1. The van der Waals surface area contributed by atoms with Crippen LogP contribution in [0.1, 0.15) is 12.6 Å². The monoisotopic (exact) mass is 426 g/mol. The summed E-state index contributed by atoms with van der Waals surface area (Å²) in [6.07, 6.45) is 0. The number of para-hydroxylation sites is 1. The molecule has 30 heavy (non-hydrogen) atoms. The molecule has 0 atom stereocenters. The molecule has 1 aliphatic heterocycles. The number of nitrogens with zero attached hydrogens (tertiary/aromatic N) is 4. The number of aromatic nitrogens is 2. The fraction of sp³-hybridized carbons (Fsp3) is 0.348. The Labute approximate surface area is 181 Å². The summed E-state index contributed by atoms with van der Waals surface area (Å²) < 4.78 is 9.04. The first-order valence-electron chi connectivity index (χ1n) is 10.3. The lowest BCUT2D eigenvalue weighted by molar-refractivity contribution is 0.243. The first kappa shape index (κ1) is 20.6. The normalized spacial score (nSPS) is 14.8. The maximum atomic E-state index is 12.7. The van der Waals surface area contributed by atoms with E-state index >= 15 is 0 Å². The van der Waals surface area contributed by atoms with Crippen molar-refractivity contribution < 1.29 is 4.74 Å². The fourth-order valence-electron chi connectivity index (χ4n) is 3.94. The molecule has 4 rings (SSSR count). The number of rotatable bonds is 6. The van der Waals surface area contributed by atoms with Crippen molar-refractivity contribution in [1.82, 2.24) is 14.3 Å². The van der Waals surface area contributed by atoms with Crippen molar-refractivity contribution in [2.75, 3.05) is 37.7 Å². The predicted octanol–water partition coefficient (Wildman–Crippen LogP) is 3.55. The number of anilines is 1. The first-order valence-corrected chi connectivity index (χ1v) is 10.7. The van der Waals surface area contributed by atoms with Crippen molar-refractivity contribution in [2.45, 2.75) is 13.5 Å². The largest absolute Gasteiger partial charge is 0.494 e. The lowest BCUT2D eigenvalue weighted by atomic mass is 10.2. The van der Waals surface area contributed by atoms with Crippen molar-refractivity contribution in [2.24, 2.45) is 7.05 Å². The molecule has 0 radical (unpaired) electrons. The Balaban J connectivity index is 1.44. The average Bonchev–Trinajstić information content (AvgIpc) is 2.99. The van der Waals surface area contributed by atoms with E-state index in [1.807, 2.05) is 61.1 Å². The van der Waals surface area contributed by atoms with Crippen molar-refractivity contribution >= 4 is 17.3 Å². The van der Waals surface area contributed by atoms with E-state index < -0.39 is 0 Å². The summed E-state index contributed by atoms with van der Waals surface area (Å²) in [6.45, 7) is 7.00. The summed E-state index contributed by atoms with van der Waals surface area (Å²) in [5.74, 6) is 0.901. The summed E-state index contributed by atoms with van der Waals surface area (Å²) in [5.41, 5.74) is 2.70. The molecule has 1 fully saturated rings. The SMILES string of the molecule is CCOc1ccc(N2CCN(Cc3c(Cl)c(=O)n(-c4ccccc4)n3C)CC2)cc1. The smallest absolute Gasteiger partial charge is 0.290 e. The van der Waals surface area contributed by atoms with E-state index in [-0.39, 0.29) is 5.56 Å². The van der Waals surface area contributed by atoms with Gasteiger partial charge in [0.25, 0.3) is 5.56 Å². The van der Waals surface area contributed by atoms with E-state index in [0.717, 1.165) is 43.3 Å². The molecule has 2 aromatic carbocycles. The molecule has 0 unspecified atom stereocenters. The van der Waals surface area contributed by atoms with E-state index in [1.54, 1.807) is 4.68 Å². The number of hydrogen-bond donors (Lipinski definition) is 0. The van der Waals surface area contributed by atoms with Crippen molar-refractivity contribution in [1.29, 1.82) is 0 Å². The lowest BCUT2D eigenvalue weighted by Gasteiger charge is -2.36. The third-order valence-electron chi connectivity index (χ3n) is 5.58. The second kappa shape index (κ2) is 8.98. The van der Waals surface area contributed by atoms with Crippen LogP contribution in [0.25, 0.3) is 5.69 Å². The molecule has 1 aromatic heterocycles. The van der Waals surface area contributed by atoms with Gasteiger partial charge in [-0.2, -0.15) is 0 Å². The van der Waals surface area contributed by atoms with Gasteiger partial charge in [0.05, 0.1) is 18.0 Å². The van der Waals surface area contributed by atoms with Gasteiger partial charge in [-0.25, -0.2) is 4.68 Å². The summed E-state index contributed by atoms with van der Waals surface area (Å²) in [4.78, 5) is 17.5. The van der Waals surface area contributed by atoms with Crippen LogP contribution in [0.3, 0.4) is 0 Å². The number of piperazine rings is 1. The minimum Gasteiger partial charge on any atom is -0.494 e. The Hall–Kier alpha value is -2.70. The second-order valence-corrected chi connectivity index (χ2v) is 7.80. The minimum absolute atomic E-state index is 0.173. The van der Waals surface area contributed by atoms with Gasteiger partial charge in [0.15, 0.2) is 0 Å². The van der Waals surface area contributed by atoms with Gasteiger partial charge in [0, 0.05) is 45.5 Å². The zero-order chi connectivity index (χ0) is 21.1. The maximum Gasteiger partial charge on any atom is 0.290 e. The molecule has 0 saturated carbocycles. The molecule has 1 saturated heterocycles. The molecule has 0 amide bonds. The summed E-state index contributed by atoms with van der Waals surface area (Å²) >= 11 is 6.45. The highest BCUT2D eigenvalue weighted by molar-refractivity contribution is 6.31. The molecule has 158 valence electrons. The molecule has 0 bridgehead atoms. The van der Waals surface area contributed by atoms with E-state index in [9.17, 15) is 4.79 Å². The molecule has 0 aliphatic carbocycles. The topological polar surface area (TPSA) is 42.6 Å². The standard InChI is InChI=1S/C23H27ClN4O2/c1-3-30-20-11-9-18(10-12-20)27-15-13-26(14-16-27)17-21-22(24)23(29)28(25(21)2)19-7-5-4-6-8-19/h4-12H,3,13-17H2,1-2H3. The molecule has 7 heteroatoms. The van der Waals surface area contributed by atoms with Crippen LogP contribution in [0.4, 0.5) is 5.69 Å². The van der Waals surface area contributed by atoms with Crippen LogP contribution >= 0.6 is 11.6 Å². The highest BCUT2D eigenvalue weighted by Crippen LogP contribution is 2.22. The molecule has 3 aromatic rings. The van der Waals surface area contributed by atoms with E-state index in [4.69, 9.17) is 16.3 Å². The van der Waals surface area contributed by atoms with Crippen molar-refractivity contribution in [3.63, 3.8) is 0 Å². The van der Waals surface area contributed by atoms with Crippen LogP contribution in [0.5, 0.6) is 5.75 Å². The van der Waals surface area contributed by atoms with Crippen LogP contribution in [-0.2, 0) is 13.6 Å². The molecule has 1 aliphatic rings. The molecule has 2 heterocycles. The highest BCUT2D eigenvalue weighted by atomic mass is 35.5. The third kappa shape index (κ3) is 4.11. The molecular formula is C23H27ClN4O2.